The summed E-state index contributed by atoms with van der Waals surface area (Å²) in [7, 11) is -3.39. The van der Waals surface area contributed by atoms with Crippen molar-refractivity contribution in [2.24, 2.45) is 0 Å². The Labute approximate surface area is 123 Å². The Bertz CT molecular complexity index is 759. The van der Waals surface area contributed by atoms with Crippen LogP contribution in [0.5, 0.6) is 0 Å². The van der Waals surface area contributed by atoms with E-state index in [9.17, 15) is 8.42 Å². The number of rotatable bonds is 3. The second-order valence-electron chi connectivity index (χ2n) is 4.92. The molecule has 106 valence electrons. The van der Waals surface area contributed by atoms with Crippen LogP contribution in [0.1, 0.15) is 19.8 Å². The Morgan fingerprint density at radius 3 is 2.85 bits per heavy atom. The first-order chi connectivity index (χ1) is 9.63. The molecule has 2 aromatic rings. The van der Waals surface area contributed by atoms with E-state index >= 15 is 0 Å². The van der Waals surface area contributed by atoms with Gasteiger partial charge in [-0.15, -0.1) is 11.3 Å². The van der Waals surface area contributed by atoms with Crippen molar-refractivity contribution in [3.05, 3.63) is 41.3 Å². The van der Waals surface area contributed by atoms with E-state index in [-0.39, 0.29) is 0 Å². The molecular formula is C15H17NO2S2. The molecule has 1 aromatic carbocycles. The van der Waals surface area contributed by atoms with Crippen LogP contribution in [0, 0.1) is 0 Å². The minimum atomic E-state index is -3.39. The van der Waals surface area contributed by atoms with E-state index in [0.717, 1.165) is 22.9 Å². The Kier molecular flexibility index (Phi) is 3.67. The summed E-state index contributed by atoms with van der Waals surface area (Å²) in [4.78, 5) is 0.443. The Hall–Kier alpha value is -1.17. The largest absolute Gasteiger partial charge is 0.244 e. The first-order valence-corrected chi connectivity index (χ1v) is 9.09. The maximum absolute atomic E-state index is 12.8. The summed E-state index contributed by atoms with van der Waals surface area (Å²) in [6.45, 7) is 3.19. The third-order valence-corrected chi connectivity index (χ3v) is 6.78. The predicted molar refractivity (Wildman–Crippen MR) is 83.6 cm³/mol. The molecule has 0 saturated heterocycles. The zero-order valence-electron chi connectivity index (χ0n) is 11.4. The highest BCUT2D eigenvalue weighted by atomic mass is 32.2. The second-order valence-corrected chi connectivity index (χ2v) is 7.75. The maximum atomic E-state index is 12.8. The van der Waals surface area contributed by atoms with Gasteiger partial charge in [-0.25, -0.2) is 8.42 Å². The smallest absolute Gasteiger partial charge is 0.207 e. The van der Waals surface area contributed by atoms with Crippen LogP contribution in [0.3, 0.4) is 0 Å². The van der Waals surface area contributed by atoms with Gasteiger partial charge in [0.1, 0.15) is 0 Å². The number of thiophene rings is 1. The fraction of sp³-hybridized carbons (Fsp3) is 0.333. The van der Waals surface area contributed by atoms with Gasteiger partial charge in [0, 0.05) is 13.1 Å². The zero-order valence-corrected chi connectivity index (χ0v) is 13.0. The standard InChI is InChI=1S/C15H17NO2S2/c1-2-12-6-9-16(10-7-12)20(17,18)14-5-3-4-13-8-11-19-15(13)14/h3-6,8,11H,2,7,9-10H2,1H3. The van der Waals surface area contributed by atoms with Crippen molar-refractivity contribution in [3.8, 4) is 0 Å². The van der Waals surface area contributed by atoms with E-state index in [2.05, 4.69) is 13.0 Å². The van der Waals surface area contributed by atoms with Crippen LogP contribution in [0.2, 0.25) is 0 Å². The van der Waals surface area contributed by atoms with Gasteiger partial charge < -0.3 is 0 Å². The molecule has 0 aliphatic carbocycles. The van der Waals surface area contributed by atoms with Crippen molar-refractivity contribution in [3.63, 3.8) is 0 Å². The summed E-state index contributed by atoms with van der Waals surface area (Å²) in [5, 5.41) is 2.94. The number of benzene rings is 1. The first kappa shape index (κ1) is 13.8. The van der Waals surface area contributed by atoms with Crippen molar-refractivity contribution < 1.29 is 8.42 Å². The lowest BCUT2D eigenvalue weighted by atomic mass is 10.1. The molecule has 0 fully saturated rings. The van der Waals surface area contributed by atoms with Crippen molar-refractivity contribution in [1.82, 2.24) is 4.31 Å². The van der Waals surface area contributed by atoms with Crippen molar-refractivity contribution in [2.45, 2.75) is 24.7 Å². The first-order valence-electron chi connectivity index (χ1n) is 6.77. The van der Waals surface area contributed by atoms with Gasteiger partial charge in [0.15, 0.2) is 0 Å². The quantitative estimate of drug-likeness (QED) is 0.812. The molecule has 0 N–H and O–H groups in total. The van der Waals surface area contributed by atoms with E-state index in [0.29, 0.717) is 18.0 Å². The molecular weight excluding hydrogens is 290 g/mol. The molecule has 0 bridgehead atoms. The highest BCUT2D eigenvalue weighted by Crippen LogP contribution is 2.31. The Balaban J connectivity index is 2.01. The Morgan fingerprint density at radius 2 is 2.15 bits per heavy atom. The number of fused-ring (bicyclic) bond motifs is 1. The lowest BCUT2D eigenvalue weighted by molar-refractivity contribution is 0.429. The molecule has 20 heavy (non-hydrogen) atoms. The molecule has 2 heterocycles. The number of hydrogen-bond donors (Lipinski definition) is 0. The number of nitrogens with zero attached hydrogens (tertiary/aromatic N) is 1. The van der Waals surface area contributed by atoms with Crippen molar-refractivity contribution in [1.29, 1.82) is 0 Å². The third-order valence-electron chi connectivity index (χ3n) is 3.78. The van der Waals surface area contributed by atoms with E-state index in [4.69, 9.17) is 0 Å². The normalized spacial score (nSPS) is 17.4. The van der Waals surface area contributed by atoms with Crippen LogP contribution < -0.4 is 0 Å². The highest BCUT2D eigenvalue weighted by Gasteiger charge is 2.27. The van der Waals surface area contributed by atoms with Crippen LogP contribution in [0.25, 0.3) is 10.1 Å². The van der Waals surface area contributed by atoms with E-state index in [1.165, 1.54) is 16.9 Å². The topological polar surface area (TPSA) is 37.4 Å². The fourth-order valence-electron chi connectivity index (χ4n) is 2.54. The summed E-state index contributed by atoms with van der Waals surface area (Å²) >= 11 is 1.49. The molecule has 0 radical (unpaired) electrons. The average molecular weight is 307 g/mol. The van der Waals surface area contributed by atoms with Crippen LogP contribution >= 0.6 is 11.3 Å². The minimum absolute atomic E-state index is 0.443. The van der Waals surface area contributed by atoms with Gasteiger partial charge in [0.2, 0.25) is 10.0 Å². The predicted octanol–water partition coefficient (Wildman–Crippen LogP) is 3.63. The second kappa shape index (κ2) is 5.31. The maximum Gasteiger partial charge on any atom is 0.244 e. The molecule has 1 aliphatic rings. The van der Waals surface area contributed by atoms with Crippen LogP contribution in [-0.2, 0) is 10.0 Å². The van der Waals surface area contributed by atoms with Gasteiger partial charge >= 0.3 is 0 Å². The summed E-state index contributed by atoms with van der Waals surface area (Å²) < 4.78 is 28.0. The van der Waals surface area contributed by atoms with Crippen LogP contribution in [0.4, 0.5) is 0 Å². The van der Waals surface area contributed by atoms with Gasteiger partial charge in [-0.2, -0.15) is 4.31 Å². The molecule has 3 rings (SSSR count). The minimum Gasteiger partial charge on any atom is -0.207 e. The summed E-state index contributed by atoms with van der Waals surface area (Å²) in [5.41, 5.74) is 1.35. The number of hydrogen-bond acceptors (Lipinski definition) is 3. The summed E-state index contributed by atoms with van der Waals surface area (Å²) in [6.07, 6.45) is 3.90. The molecule has 1 aromatic heterocycles. The van der Waals surface area contributed by atoms with Gasteiger partial charge in [0.25, 0.3) is 0 Å². The van der Waals surface area contributed by atoms with E-state index in [1.54, 1.807) is 10.4 Å². The lowest BCUT2D eigenvalue weighted by Crippen LogP contribution is -2.34. The lowest BCUT2D eigenvalue weighted by Gasteiger charge is -2.25. The average Bonchev–Trinajstić information content (AvgIpc) is 2.95. The van der Waals surface area contributed by atoms with Crippen LogP contribution in [0.15, 0.2) is 46.2 Å². The van der Waals surface area contributed by atoms with Crippen molar-refractivity contribution in [2.75, 3.05) is 13.1 Å². The van der Waals surface area contributed by atoms with Gasteiger partial charge in [0.05, 0.1) is 9.60 Å². The molecule has 0 spiro atoms. The molecule has 3 nitrogen and oxygen atoms in total. The summed E-state index contributed by atoms with van der Waals surface area (Å²) in [5.74, 6) is 0. The monoisotopic (exact) mass is 307 g/mol. The number of sulfonamides is 1. The molecule has 0 amide bonds. The summed E-state index contributed by atoms with van der Waals surface area (Å²) in [6, 6.07) is 7.45. The molecule has 0 unspecified atom stereocenters. The molecule has 0 saturated carbocycles. The fourth-order valence-corrected chi connectivity index (χ4v) is 5.29. The molecule has 5 heteroatoms. The third kappa shape index (κ3) is 2.30. The van der Waals surface area contributed by atoms with Crippen LogP contribution in [-0.4, -0.2) is 25.8 Å². The van der Waals surface area contributed by atoms with E-state index < -0.39 is 10.0 Å². The van der Waals surface area contributed by atoms with Crippen molar-refractivity contribution >= 4 is 31.4 Å². The SMILES string of the molecule is CCC1=CCN(S(=O)(=O)c2cccc3ccsc23)CC1. The van der Waals surface area contributed by atoms with Gasteiger partial charge in [-0.1, -0.05) is 30.7 Å². The Morgan fingerprint density at radius 1 is 1.30 bits per heavy atom. The van der Waals surface area contributed by atoms with Gasteiger partial charge in [-0.3, -0.25) is 0 Å². The van der Waals surface area contributed by atoms with Gasteiger partial charge in [-0.05, 0) is 35.7 Å². The zero-order chi connectivity index (χ0) is 14.2. The van der Waals surface area contributed by atoms with E-state index in [1.807, 2.05) is 23.6 Å². The highest BCUT2D eigenvalue weighted by molar-refractivity contribution is 7.89. The molecule has 0 atom stereocenters. The molecule has 1 aliphatic heterocycles.